The lowest BCUT2D eigenvalue weighted by Crippen LogP contribution is -2.15. The van der Waals surface area contributed by atoms with E-state index in [1.165, 1.54) is 24.0 Å². The zero-order valence-electron chi connectivity index (χ0n) is 11.6. The van der Waals surface area contributed by atoms with Crippen LogP contribution in [0.15, 0.2) is 46.9 Å². The van der Waals surface area contributed by atoms with Gasteiger partial charge in [-0.1, -0.05) is 35.9 Å². The fourth-order valence-electron chi connectivity index (χ4n) is 2.13. The summed E-state index contributed by atoms with van der Waals surface area (Å²) in [5.74, 6) is 0.806. The zero-order valence-corrected chi connectivity index (χ0v) is 14.0. The predicted molar refractivity (Wildman–Crippen MR) is 89.8 cm³/mol. The van der Waals surface area contributed by atoms with Crippen molar-refractivity contribution in [3.63, 3.8) is 0 Å². The Morgan fingerprint density at radius 1 is 1.14 bits per heavy atom. The molecule has 2 aromatic carbocycles. The summed E-state index contributed by atoms with van der Waals surface area (Å²) in [6.45, 7) is 1.49. The summed E-state index contributed by atoms with van der Waals surface area (Å²) < 4.78 is 6.72. The van der Waals surface area contributed by atoms with Gasteiger partial charge in [0.1, 0.15) is 12.4 Å². The summed E-state index contributed by atoms with van der Waals surface area (Å²) in [6, 6.07) is 14.8. The first-order valence-electron chi connectivity index (χ1n) is 7.10. The number of rotatable bonds is 6. The van der Waals surface area contributed by atoms with Crippen LogP contribution in [-0.4, -0.2) is 6.04 Å². The van der Waals surface area contributed by atoms with Crippen molar-refractivity contribution >= 4 is 27.5 Å². The highest BCUT2D eigenvalue weighted by molar-refractivity contribution is 9.10. The molecule has 110 valence electrons. The van der Waals surface area contributed by atoms with Crippen molar-refractivity contribution in [3.05, 3.63) is 63.1 Å². The van der Waals surface area contributed by atoms with Gasteiger partial charge in [-0.2, -0.15) is 0 Å². The summed E-state index contributed by atoms with van der Waals surface area (Å²) >= 11 is 9.39. The monoisotopic (exact) mass is 365 g/mol. The Kier molecular flexibility index (Phi) is 4.84. The van der Waals surface area contributed by atoms with E-state index in [4.69, 9.17) is 16.3 Å². The number of hydrogen-bond donors (Lipinski definition) is 1. The minimum absolute atomic E-state index is 0.553. The lowest BCUT2D eigenvalue weighted by Gasteiger charge is -2.10. The molecule has 0 saturated heterocycles. The van der Waals surface area contributed by atoms with E-state index in [1.807, 2.05) is 18.2 Å². The van der Waals surface area contributed by atoms with Gasteiger partial charge in [0.2, 0.25) is 0 Å². The summed E-state index contributed by atoms with van der Waals surface area (Å²) in [7, 11) is 0. The molecular weight excluding hydrogens is 350 g/mol. The lowest BCUT2D eigenvalue weighted by molar-refractivity contribution is 0.304. The number of nitrogens with one attached hydrogen (secondary N) is 1. The first kappa shape index (κ1) is 14.9. The molecule has 0 aliphatic heterocycles. The van der Waals surface area contributed by atoms with Crippen molar-refractivity contribution in [1.82, 2.24) is 5.32 Å². The van der Waals surface area contributed by atoms with Gasteiger partial charge in [0.15, 0.2) is 0 Å². The minimum Gasteiger partial charge on any atom is -0.488 e. The molecule has 1 saturated carbocycles. The van der Waals surface area contributed by atoms with Crippen LogP contribution in [0.2, 0.25) is 5.02 Å². The van der Waals surface area contributed by atoms with E-state index in [0.717, 1.165) is 22.8 Å². The van der Waals surface area contributed by atoms with Crippen molar-refractivity contribution in [1.29, 1.82) is 0 Å². The molecule has 0 amide bonds. The Morgan fingerprint density at radius 2 is 1.95 bits per heavy atom. The second-order valence-corrected chi connectivity index (χ2v) is 6.63. The highest BCUT2D eigenvalue weighted by Gasteiger charge is 2.19. The smallest absolute Gasteiger partial charge is 0.134 e. The first-order chi connectivity index (χ1) is 10.2. The van der Waals surface area contributed by atoms with Gasteiger partial charge in [0.05, 0.1) is 4.47 Å². The maximum atomic E-state index is 5.93. The van der Waals surface area contributed by atoms with Gasteiger partial charge in [-0.15, -0.1) is 0 Å². The molecule has 1 aliphatic carbocycles. The molecule has 0 heterocycles. The largest absolute Gasteiger partial charge is 0.488 e. The molecule has 3 rings (SSSR count). The van der Waals surface area contributed by atoms with Gasteiger partial charge < -0.3 is 10.1 Å². The van der Waals surface area contributed by atoms with Gasteiger partial charge in [-0.3, -0.25) is 0 Å². The van der Waals surface area contributed by atoms with Crippen LogP contribution in [0.25, 0.3) is 0 Å². The van der Waals surface area contributed by atoms with Gasteiger partial charge in [-0.05, 0) is 58.1 Å². The van der Waals surface area contributed by atoms with E-state index in [2.05, 4.69) is 45.5 Å². The van der Waals surface area contributed by atoms with Crippen molar-refractivity contribution < 1.29 is 4.74 Å². The van der Waals surface area contributed by atoms with Crippen molar-refractivity contribution in [3.8, 4) is 5.75 Å². The third-order valence-corrected chi connectivity index (χ3v) is 4.31. The minimum atomic E-state index is 0.553. The molecule has 2 nitrogen and oxygen atoms in total. The Bertz CT molecular complexity index is 628. The molecule has 0 radical (unpaired) electrons. The van der Waals surface area contributed by atoms with E-state index >= 15 is 0 Å². The third-order valence-electron chi connectivity index (χ3n) is 3.45. The van der Waals surface area contributed by atoms with Crippen molar-refractivity contribution in [2.75, 3.05) is 0 Å². The first-order valence-corrected chi connectivity index (χ1v) is 8.27. The summed E-state index contributed by atoms with van der Waals surface area (Å²) in [5.41, 5.74) is 2.48. The van der Waals surface area contributed by atoms with Crippen molar-refractivity contribution in [2.45, 2.75) is 32.0 Å². The maximum Gasteiger partial charge on any atom is 0.134 e. The van der Waals surface area contributed by atoms with Crippen LogP contribution in [0.1, 0.15) is 24.0 Å². The topological polar surface area (TPSA) is 21.3 Å². The molecule has 0 spiro atoms. The Labute approximate surface area is 138 Å². The van der Waals surface area contributed by atoms with Crippen LogP contribution in [0.4, 0.5) is 0 Å². The Hall–Kier alpha value is -1.03. The van der Waals surface area contributed by atoms with Gasteiger partial charge >= 0.3 is 0 Å². The molecular formula is C17H17BrClNO. The molecule has 0 bridgehead atoms. The molecule has 4 heteroatoms. The Morgan fingerprint density at radius 3 is 2.71 bits per heavy atom. The Balaban J connectivity index is 1.60. The summed E-state index contributed by atoms with van der Waals surface area (Å²) in [4.78, 5) is 0. The highest BCUT2D eigenvalue weighted by Crippen LogP contribution is 2.28. The molecule has 1 aliphatic rings. The number of halogens is 2. The number of ether oxygens (including phenoxy) is 1. The van der Waals surface area contributed by atoms with Crippen LogP contribution in [0.5, 0.6) is 5.75 Å². The standard InChI is InChI=1S/C17H17BrClNO/c18-16-9-14(19)4-7-17(16)21-11-13-3-1-2-12(8-13)10-20-15-5-6-15/h1-4,7-9,15,20H,5-6,10-11H2. The average molecular weight is 367 g/mol. The normalized spacial score (nSPS) is 14.2. The van der Waals surface area contributed by atoms with Crippen LogP contribution in [0.3, 0.4) is 0 Å². The molecule has 2 aromatic rings. The maximum absolute atomic E-state index is 5.93. The second-order valence-electron chi connectivity index (χ2n) is 5.34. The third kappa shape index (κ3) is 4.47. The lowest BCUT2D eigenvalue weighted by atomic mass is 10.1. The second kappa shape index (κ2) is 6.82. The molecule has 0 atom stereocenters. The van der Waals surface area contributed by atoms with E-state index in [-0.39, 0.29) is 0 Å². The number of hydrogen-bond acceptors (Lipinski definition) is 2. The van der Waals surface area contributed by atoms with Crippen LogP contribution in [0, 0.1) is 0 Å². The van der Waals surface area contributed by atoms with Crippen molar-refractivity contribution in [2.24, 2.45) is 0 Å². The molecule has 1 fully saturated rings. The van der Waals surface area contributed by atoms with Crippen LogP contribution < -0.4 is 10.1 Å². The quantitative estimate of drug-likeness (QED) is 0.782. The van der Waals surface area contributed by atoms with Gasteiger partial charge in [0, 0.05) is 17.6 Å². The number of benzene rings is 2. The zero-order chi connectivity index (χ0) is 14.7. The summed E-state index contributed by atoms with van der Waals surface area (Å²) in [6.07, 6.45) is 2.63. The van der Waals surface area contributed by atoms with E-state index in [1.54, 1.807) is 0 Å². The molecule has 0 aromatic heterocycles. The van der Waals surface area contributed by atoms with Crippen LogP contribution in [-0.2, 0) is 13.2 Å². The van der Waals surface area contributed by atoms with E-state index in [0.29, 0.717) is 11.6 Å². The molecule has 1 N–H and O–H groups in total. The highest BCUT2D eigenvalue weighted by atomic mass is 79.9. The fourth-order valence-corrected chi connectivity index (χ4v) is 2.93. The summed E-state index contributed by atoms with van der Waals surface area (Å²) in [5, 5.41) is 4.22. The molecule has 21 heavy (non-hydrogen) atoms. The van der Waals surface area contributed by atoms with E-state index in [9.17, 15) is 0 Å². The fraction of sp³-hybridized carbons (Fsp3) is 0.294. The average Bonchev–Trinajstić information content (AvgIpc) is 3.29. The van der Waals surface area contributed by atoms with E-state index < -0.39 is 0 Å². The SMILES string of the molecule is Clc1ccc(OCc2cccc(CNC3CC3)c2)c(Br)c1. The van der Waals surface area contributed by atoms with Crippen LogP contribution >= 0.6 is 27.5 Å². The predicted octanol–water partition coefficient (Wildman–Crippen LogP) is 4.93. The van der Waals surface area contributed by atoms with Gasteiger partial charge in [0.25, 0.3) is 0 Å². The van der Waals surface area contributed by atoms with Gasteiger partial charge in [-0.25, -0.2) is 0 Å². The molecule has 0 unspecified atom stereocenters.